The number of fused-ring (bicyclic) bond motifs is 1. The molecule has 1 aromatic heterocycles. The molecule has 0 spiro atoms. The van der Waals surface area contributed by atoms with E-state index in [1.165, 1.54) is 11.1 Å². The molecule has 0 aliphatic heterocycles. The largest absolute Gasteiger partial charge is 0.400 e. The summed E-state index contributed by atoms with van der Waals surface area (Å²) >= 11 is 0. The smallest absolute Gasteiger partial charge is 0.120 e. The molecule has 0 atom stereocenters. The van der Waals surface area contributed by atoms with Crippen LogP contribution in [0.4, 0.5) is 0 Å². The van der Waals surface area contributed by atoms with Gasteiger partial charge in [-0.1, -0.05) is 29.4 Å². The van der Waals surface area contributed by atoms with Crippen molar-refractivity contribution in [2.45, 2.75) is 27.3 Å². The van der Waals surface area contributed by atoms with Gasteiger partial charge in [-0.3, -0.25) is 0 Å². The quantitative estimate of drug-likeness (QED) is 0.679. The van der Waals surface area contributed by atoms with Gasteiger partial charge in [0.15, 0.2) is 0 Å². The maximum absolute atomic E-state index is 7.00. The molecule has 1 N–H and O–H groups in total. The summed E-state index contributed by atoms with van der Waals surface area (Å²) in [6.45, 7) is 6.96. The number of allylic oxidation sites excluding steroid dienone is 6. The maximum Gasteiger partial charge on any atom is 0.120 e. The number of rotatable bonds is 3. The van der Waals surface area contributed by atoms with Gasteiger partial charge < -0.3 is 5.11 Å². The summed E-state index contributed by atoms with van der Waals surface area (Å²) in [7, 11) is 1.00. The van der Waals surface area contributed by atoms with Crippen molar-refractivity contribution < 1.29 is 5.11 Å². The lowest BCUT2D eigenvalue weighted by Crippen LogP contribution is -2.00. The number of hydrogen-bond donors (Lipinski definition) is 1. The number of aromatic nitrogens is 3. The van der Waals surface area contributed by atoms with E-state index in [1.807, 2.05) is 24.3 Å². The highest BCUT2D eigenvalue weighted by atomic mass is 16.2. The first kappa shape index (κ1) is 15.9. The average Bonchev–Trinajstić information content (AvgIpc) is 2.68. The molecule has 4 nitrogen and oxygen atoms in total. The van der Waals surface area contributed by atoms with Crippen LogP contribution in [0.3, 0.4) is 0 Å². The third-order valence-electron chi connectivity index (χ3n) is 2.47. The Morgan fingerprint density at radius 1 is 1.25 bits per heavy atom. The average molecular weight is 271 g/mol. The molecule has 0 amide bonds. The Hall–Kier alpha value is -2.16. The first-order valence-electron chi connectivity index (χ1n) is 6.46. The summed E-state index contributed by atoms with van der Waals surface area (Å²) in [5.74, 6) is 0. The Kier molecular flexibility index (Phi) is 6.44. The molecule has 20 heavy (non-hydrogen) atoms. The van der Waals surface area contributed by atoms with Crippen LogP contribution in [-0.2, 0) is 6.54 Å². The number of aliphatic hydroxyl groups is 1. The second kappa shape index (κ2) is 8.10. The van der Waals surface area contributed by atoms with E-state index in [-0.39, 0.29) is 0 Å². The highest BCUT2D eigenvalue weighted by Crippen LogP contribution is 2.10. The molecule has 1 aliphatic carbocycles. The second-order valence-corrected chi connectivity index (χ2v) is 4.53. The predicted molar refractivity (Wildman–Crippen MR) is 82.9 cm³/mol. The van der Waals surface area contributed by atoms with E-state index < -0.39 is 0 Å². The zero-order chi connectivity index (χ0) is 15.0. The molecule has 106 valence electrons. The van der Waals surface area contributed by atoms with Crippen molar-refractivity contribution in [3.05, 3.63) is 52.6 Å². The summed E-state index contributed by atoms with van der Waals surface area (Å²) in [5.41, 5.74) is 7.32. The third-order valence-corrected chi connectivity index (χ3v) is 2.47. The van der Waals surface area contributed by atoms with E-state index in [0.717, 1.165) is 18.5 Å². The highest BCUT2D eigenvalue weighted by Gasteiger charge is 2.05. The zero-order valence-electron chi connectivity index (χ0n) is 12.5. The normalized spacial score (nSPS) is 12.3. The van der Waals surface area contributed by atoms with E-state index >= 15 is 0 Å². The standard InChI is InChI=1S/C15H17N3.CH4O/c1-12(2)11-13(3)9-10-18-16-14-7-5-4-6-8-15(14)17-18;1-2/h4-5,7-9,11H,10H2,1-3H3;2H,1H3/b13-9-;. The maximum atomic E-state index is 7.00. The van der Waals surface area contributed by atoms with Crippen LogP contribution in [0.15, 0.2) is 41.2 Å². The molecule has 1 aliphatic rings. The zero-order valence-corrected chi connectivity index (χ0v) is 12.5. The van der Waals surface area contributed by atoms with Crippen molar-refractivity contribution in [2.24, 2.45) is 0 Å². The first-order chi connectivity index (χ1) is 9.65. The van der Waals surface area contributed by atoms with Crippen LogP contribution in [0, 0.1) is 0 Å². The highest BCUT2D eigenvalue weighted by molar-refractivity contribution is 5.61. The fourth-order valence-corrected chi connectivity index (χ4v) is 1.74. The molecule has 1 aromatic rings. The van der Waals surface area contributed by atoms with Gasteiger partial charge in [-0.2, -0.15) is 15.0 Å². The van der Waals surface area contributed by atoms with Gasteiger partial charge in [0.1, 0.15) is 11.4 Å². The summed E-state index contributed by atoms with van der Waals surface area (Å²) in [5, 5.41) is 15.8. The van der Waals surface area contributed by atoms with Gasteiger partial charge in [0.25, 0.3) is 0 Å². The molecule has 0 saturated heterocycles. The Labute approximate surface area is 120 Å². The Morgan fingerprint density at radius 3 is 2.65 bits per heavy atom. The molecule has 0 saturated carbocycles. The molecule has 0 aromatic carbocycles. The van der Waals surface area contributed by atoms with E-state index in [1.54, 1.807) is 4.80 Å². The van der Waals surface area contributed by atoms with Crippen LogP contribution in [0.1, 0.15) is 32.2 Å². The summed E-state index contributed by atoms with van der Waals surface area (Å²) in [6.07, 6.45) is 11.8. The molecule has 0 unspecified atom stereocenters. The minimum Gasteiger partial charge on any atom is -0.400 e. The van der Waals surface area contributed by atoms with Crippen LogP contribution < -0.4 is 0 Å². The van der Waals surface area contributed by atoms with Crippen molar-refractivity contribution in [1.82, 2.24) is 15.0 Å². The third kappa shape index (κ3) is 4.84. The molecule has 0 radical (unpaired) electrons. The minimum atomic E-state index is 0.688. The van der Waals surface area contributed by atoms with Gasteiger partial charge in [-0.25, -0.2) is 0 Å². The van der Waals surface area contributed by atoms with Crippen molar-refractivity contribution in [3.63, 3.8) is 0 Å². The first-order valence-corrected chi connectivity index (χ1v) is 6.46. The van der Waals surface area contributed by atoms with Gasteiger partial charge in [0, 0.05) is 13.2 Å². The summed E-state index contributed by atoms with van der Waals surface area (Å²) < 4.78 is 0. The van der Waals surface area contributed by atoms with Crippen molar-refractivity contribution in [2.75, 3.05) is 7.11 Å². The van der Waals surface area contributed by atoms with Crippen LogP contribution in [0.25, 0.3) is 12.2 Å². The topological polar surface area (TPSA) is 50.9 Å². The molecule has 1 heterocycles. The molecular weight excluding hydrogens is 250 g/mol. The summed E-state index contributed by atoms with van der Waals surface area (Å²) in [4.78, 5) is 1.71. The van der Waals surface area contributed by atoms with Gasteiger partial charge in [-0.05, 0) is 32.9 Å². The molecular formula is C16H21N3O. The monoisotopic (exact) mass is 271 g/mol. The van der Waals surface area contributed by atoms with E-state index in [9.17, 15) is 0 Å². The molecule has 4 heteroatoms. The lowest BCUT2D eigenvalue weighted by atomic mass is 10.2. The molecule has 0 bridgehead atoms. The van der Waals surface area contributed by atoms with Gasteiger partial charge in [-0.15, -0.1) is 5.73 Å². The van der Waals surface area contributed by atoms with Crippen molar-refractivity contribution in [1.29, 1.82) is 0 Å². The van der Waals surface area contributed by atoms with Crippen LogP contribution in [0.5, 0.6) is 0 Å². The van der Waals surface area contributed by atoms with Gasteiger partial charge in [0.2, 0.25) is 0 Å². The van der Waals surface area contributed by atoms with Crippen LogP contribution in [-0.4, -0.2) is 27.2 Å². The minimum absolute atomic E-state index is 0.688. The van der Waals surface area contributed by atoms with Gasteiger partial charge >= 0.3 is 0 Å². The van der Waals surface area contributed by atoms with Crippen LogP contribution >= 0.6 is 0 Å². The number of nitrogens with zero attached hydrogens (tertiary/aromatic N) is 3. The lowest BCUT2D eigenvalue weighted by molar-refractivity contribution is 0.399. The second-order valence-electron chi connectivity index (χ2n) is 4.53. The van der Waals surface area contributed by atoms with E-state index in [4.69, 9.17) is 5.11 Å². The van der Waals surface area contributed by atoms with Crippen LogP contribution in [0.2, 0.25) is 0 Å². The van der Waals surface area contributed by atoms with Crippen molar-refractivity contribution >= 4 is 12.2 Å². The summed E-state index contributed by atoms with van der Waals surface area (Å²) in [6, 6.07) is 0. The fourth-order valence-electron chi connectivity index (χ4n) is 1.74. The predicted octanol–water partition coefficient (Wildman–Crippen LogP) is 2.99. The Balaban J connectivity index is 0.000000956. The fraction of sp³-hybridized carbons (Fsp3) is 0.312. The number of hydrogen-bond acceptors (Lipinski definition) is 3. The molecule has 2 rings (SSSR count). The van der Waals surface area contributed by atoms with E-state index in [2.05, 4.69) is 48.9 Å². The van der Waals surface area contributed by atoms with Crippen molar-refractivity contribution in [3.8, 4) is 0 Å². The number of aliphatic hydroxyl groups excluding tert-OH is 1. The SMILES string of the molecule is CC(C)=C/C(C)=C\Cn1nc2c(n1)C=CC=C=C2.CO. The Bertz CT molecular complexity index is 593. The van der Waals surface area contributed by atoms with E-state index in [0.29, 0.717) is 6.54 Å². The molecule has 0 fully saturated rings. The van der Waals surface area contributed by atoms with Gasteiger partial charge in [0.05, 0.1) is 6.54 Å². The lowest BCUT2D eigenvalue weighted by Gasteiger charge is -1.96. The Morgan fingerprint density at radius 2 is 1.95 bits per heavy atom.